The zero-order valence-corrected chi connectivity index (χ0v) is 9.63. The Morgan fingerprint density at radius 1 is 1.25 bits per heavy atom. The normalized spacial score (nSPS) is 19.3. The highest BCUT2D eigenvalue weighted by atomic mass is 15.1. The Hall–Kier alpha value is -1.35. The van der Waals surface area contributed by atoms with E-state index >= 15 is 0 Å². The Morgan fingerprint density at radius 2 is 2.06 bits per heavy atom. The van der Waals surface area contributed by atoms with Crippen molar-refractivity contribution in [2.75, 3.05) is 20.1 Å². The van der Waals surface area contributed by atoms with E-state index in [2.05, 4.69) is 34.8 Å². The number of rotatable bonds is 1. The van der Waals surface area contributed by atoms with E-state index in [4.69, 9.17) is 4.98 Å². The van der Waals surface area contributed by atoms with Crippen molar-refractivity contribution in [2.24, 2.45) is 0 Å². The molecule has 2 aromatic rings. The molecule has 84 valence electrons. The number of likely N-dealkylation sites (tertiary alicyclic amines) is 1. The Kier molecular flexibility index (Phi) is 2.40. The minimum Gasteiger partial charge on any atom is -0.307 e. The average molecular weight is 215 g/mol. The van der Waals surface area contributed by atoms with Crippen LogP contribution in [0.25, 0.3) is 5.65 Å². The van der Waals surface area contributed by atoms with Crippen LogP contribution in [-0.2, 0) is 0 Å². The first kappa shape index (κ1) is 9.85. The molecule has 0 unspecified atom stereocenters. The maximum absolute atomic E-state index is 4.71. The van der Waals surface area contributed by atoms with Gasteiger partial charge in [-0.1, -0.05) is 6.07 Å². The Morgan fingerprint density at radius 3 is 2.81 bits per heavy atom. The minimum atomic E-state index is 0.649. The molecular formula is C13H17N3. The van der Waals surface area contributed by atoms with Gasteiger partial charge in [0.25, 0.3) is 0 Å². The van der Waals surface area contributed by atoms with Gasteiger partial charge in [0.1, 0.15) is 5.65 Å². The van der Waals surface area contributed by atoms with Crippen LogP contribution in [-0.4, -0.2) is 34.4 Å². The molecule has 3 heterocycles. The lowest BCUT2D eigenvalue weighted by Gasteiger charge is -2.27. The van der Waals surface area contributed by atoms with Crippen LogP contribution in [0.4, 0.5) is 0 Å². The molecule has 1 saturated heterocycles. The molecule has 0 radical (unpaired) electrons. The number of imidazole rings is 1. The summed E-state index contributed by atoms with van der Waals surface area (Å²) in [5.41, 5.74) is 2.33. The fourth-order valence-electron chi connectivity index (χ4n) is 2.46. The SMILES string of the molecule is CN1CCC(c2cn3ccccc3n2)CC1. The van der Waals surface area contributed by atoms with Crippen molar-refractivity contribution in [1.82, 2.24) is 14.3 Å². The maximum atomic E-state index is 4.71. The standard InChI is InChI=1S/C13H17N3/c1-15-8-5-11(6-9-15)12-10-16-7-3-2-4-13(16)14-12/h2-4,7,10-11H,5-6,8-9H2,1H3. The summed E-state index contributed by atoms with van der Waals surface area (Å²) in [5, 5.41) is 0. The van der Waals surface area contributed by atoms with Gasteiger partial charge < -0.3 is 9.30 Å². The fourth-order valence-corrected chi connectivity index (χ4v) is 2.46. The minimum absolute atomic E-state index is 0.649. The molecule has 0 bridgehead atoms. The van der Waals surface area contributed by atoms with E-state index in [0.717, 1.165) is 5.65 Å². The Labute approximate surface area is 95.7 Å². The molecule has 2 aromatic heterocycles. The second kappa shape index (κ2) is 3.91. The molecule has 1 fully saturated rings. The van der Waals surface area contributed by atoms with Crippen molar-refractivity contribution in [2.45, 2.75) is 18.8 Å². The fraction of sp³-hybridized carbons (Fsp3) is 0.462. The van der Waals surface area contributed by atoms with Crippen LogP contribution in [0.15, 0.2) is 30.6 Å². The van der Waals surface area contributed by atoms with Crippen molar-refractivity contribution >= 4 is 5.65 Å². The molecule has 0 atom stereocenters. The van der Waals surface area contributed by atoms with Gasteiger partial charge in [-0.25, -0.2) is 4.98 Å². The molecule has 3 rings (SSSR count). The number of fused-ring (bicyclic) bond motifs is 1. The van der Waals surface area contributed by atoms with E-state index in [-0.39, 0.29) is 0 Å². The summed E-state index contributed by atoms with van der Waals surface area (Å²) in [6.07, 6.45) is 6.73. The van der Waals surface area contributed by atoms with Gasteiger partial charge in [0.2, 0.25) is 0 Å². The number of nitrogens with zero attached hydrogens (tertiary/aromatic N) is 3. The molecule has 1 aliphatic rings. The lowest BCUT2D eigenvalue weighted by molar-refractivity contribution is 0.253. The molecule has 1 aliphatic heterocycles. The van der Waals surface area contributed by atoms with Crippen LogP contribution < -0.4 is 0 Å². The third kappa shape index (κ3) is 1.71. The van der Waals surface area contributed by atoms with Crippen LogP contribution in [0, 0.1) is 0 Å². The van der Waals surface area contributed by atoms with Crippen molar-refractivity contribution in [1.29, 1.82) is 0 Å². The highest BCUT2D eigenvalue weighted by Gasteiger charge is 2.20. The average Bonchev–Trinajstić information content (AvgIpc) is 2.73. The van der Waals surface area contributed by atoms with Gasteiger partial charge in [0.05, 0.1) is 5.69 Å². The van der Waals surface area contributed by atoms with Gasteiger partial charge in [-0.05, 0) is 45.1 Å². The Balaban J connectivity index is 1.88. The predicted molar refractivity (Wildman–Crippen MR) is 64.7 cm³/mol. The summed E-state index contributed by atoms with van der Waals surface area (Å²) in [7, 11) is 2.19. The summed E-state index contributed by atoms with van der Waals surface area (Å²) in [4.78, 5) is 7.10. The Bertz CT molecular complexity index is 448. The molecule has 3 heteroatoms. The van der Waals surface area contributed by atoms with Crippen molar-refractivity contribution in [3.63, 3.8) is 0 Å². The van der Waals surface area contributed by atoms with Gasteiger partial charge in [-0.15, -0.1) is 0 Å². The molecule has 0 aliphatic carbocycles. The zero-order chi connectivity index (χ0) is 11.0. The molecule has 0 N–H and O–H groups in total. The molecular weight excluding hydrogens is 198 g/mol. The second-order valence-electron chi connectivity index (χ2n) is 4.71. The van der Waals surface area contributed by atoms with Crippen LogP contribution in [0.1, 0.15) is 24.5 Å². The first-order valence-electron chi connectivity index (χ1n) is 5.95. The van der Waals surface area contributed by atoms with Gasteiger partial charge in [0.15, 0.2) is 0 Å². The van der Waals surface area contributed by atoms with Gasteiger partial charge in [-0.3, -0.25) is 0 Å². The second-order valence-corrected chi connectivity index (χ2v) is 4.71. The summed E-state index contributed by atoms with van der Waals surface area (Å²) in [6, 6.07) is 6.16. The molecule has 16 heavy (non-hydrogen) atoms. The van der Waals surface area contributed by atoms with Crippen LogP contribution in [0.5, 0.6) is 0 Å². The largest absolute Gasteiger partial charge is 0.307 e. The van der Waals surface area contributed by atoms with Crippen molar-refractivity contribution in [3.05, 3.63) is 36.3 Å². The topological polar surface area (TPSA) is 20.5 Å². The smallest absolute Gasteiger partial charge is 0.136 e. The van der Waals surface area contributed by atoms with E-state index in [9.17, 15) is 0 Å². The van der Waals surface area contributed by atoms with E-state index in [0.29, 0.717) is 5.92 Å². The van der Waals surface area contributed by atoms with E-state index in [1.54, 1.807) is 0 Å². The van der Waals surface area contributed by atoms with Crippen LogP contribution in [0.2, 0.25) is 0 Å². The summed E-state index contributed by atoms with van der Waals surface area (Å²) in [5.74, 6) is 0.649. The van der Waals surface area contributed by atoms with E-state index in [1.165, 1.54) is 31.6 Å². The summed E-state index contributed by atoms with van der Waals surface area (Å²) >= 11 is 0. The number of aromatic nitrogens is 2. The summed E-state index contributed by atoms with van der Waals surface area (Å²) in [6.45, 7) is 2.39. The maximum Gasteiger partial charge on any atom is 0.136 e. The van der Waals surface area contributed by atoms with Gasteiger partial charge >= 0.3 is 0 Å². The number of piperidine rings is 1. The highest BCUT2D eigenvalue weighted by Crippen LogP contribution is 2.26. The monoisotopic (exact) mass is 215 g/mol. The number of hydrogen-bond donors (Lipinski definition) is 0. The molecule has 0 aromatic carbocycles. The van der Waals surface area contributed by atoms with Crippen LogP contribution >= 0.6 is 0 Å². The number of hydrogen-bond acceptors (Lipinski definition) is 2. The van der Waals surface area contributed by atoms with Crippen molar-refractivity contribution in [3.8, 4) is 0 Å². The third-order valence-electron chi connectivity index (χ3n) is 3.52. The van der Waals surface area contributed by atoms with E-state index < -0.39 is 0 Å². The van der Waals surface area contributed by atoms with Gasteiger partial charge in [-0.2, -0.15) is 0 Å². The molecule has 0 amide bonds. The quantitative estimate of drug-likeness (QED) is 0.726. The predicted octanol–water partition coefficient (Wildman–Crippen LogP) is 2.14. The number of pyridine rings is 1. The summed E-state index contributed by atoms with van der Waals surface area (Å²) < 4.78 is 2.12. The molecule has 0 saturated carbocycles. The highest BCUT2D eigenvalue weighted by molar-refractivity contribution is 5.40. The van der Waals surface area contributed by atoms with Crippen LogP contribution in [0.3, 0.4) is 0 Å². The third-order valence-corrected chi connectivity index (χ3v) is 3.52. The first-order chi connectivity index (χ1) is 7.83. The molecule has 0 spiro atoms. The van der Waals surface area contributed by atoms with Gasteiger partial charge in [0, 0.05) is 18.3 Å². The lowest BCUT2D eigenvalue weighted by atomic mass is 9.94. The molecule has 3 nitrogen and oxygen atoms in total. The lowest BCUT2D eigenvalue weighted by Crippen LogP contribution is -2.29. The van der Waals surface area contributed by atoms with Crippen molar-refractivity contribution < 1.29 is 0 Å². The van der Waals surface area contributed by atoms with E-state index in [1.807, 2.05) is 12.1 Å². The first-order valence-corrected chi connectivity index (χ1v) is 5.95. The zero-order valence-electron chi connectivity index (χ0n) is 9.63.